The van der Waals surface area contributed by atoms with E-state index in [-0.39, 0.29) is 19.3 Å². The molecule has 8 nitrogen and oxygen atoms in total. The molecule has 0 unspecified atom stereocenters. The van der Waals surface area contributed by atoms with Gasteiger partial charge in [-0.3, -0.25) is 4.79 Å². The van der Waals surface area contributed by atoms with Crippen molar-refractivity contribution in [2.45, 2.75) is 32.4 Å². The van der Waals surface area contributed by atoms with Gasteiger partial charge in [0.2, 0.25) is 5.88 Å². The Morgan fingerprint density at radius 1 is 1.13 bits per heavy atom. The van der Waals surface area contributed by atoms with Crippen molar-refractivity contribution in [3.8, 4) is 11.6 Å². The summed E-state index contributed by atoms with van der Waals surface area (Å²) in [6, 6.07) is 15.6. The van der Waals surface area contributed by atoms with Crippen LogP contribution in [-0.4, -0.2) is 26.3 Å². The first kappa shape index (κ1) is 20.5. The minimum absolute atomic E-state index is 0. The lowest BCUT2D eigenvalue weighted by Gasteiger charge is -2.20. The van der Waals surface area contributed by atoms with Crippen molar-refractivity contribution in [2.75, 3.05) is 0 Å². The molecule has 2 N–H and O–H groups in total. The number of nitrogens with zero attached hydrogens (tertiary/aromatic N) is 3. The number of hydrogen-bond donors (Lipinski definition) is 2. The predicted molar refractivity (Wildman–Crippen MR) is 116 cm³/mol. The first-order chi connectivity index (χ1) is 14.8. The molecule has 4 rings (SSSR count). The number of nitrogens with one attached hydrogen (secondary N) is 1. The lowest BCUT2D eigenvalue weighted by Crippen LogP contribution is -2.27. The van der Waals surface area contributed by atoms with Crippen LogP contribution in [0.25, 0.3) is 11.0 Å². The molecule has 0 aliphatic carbocycles. The summed E-state index contributed by atoms with van der Waals surface area (Å²) < 4.78 is 10.5. The molecule has 1 amide bonds. The van der Waals surface area contributed by atoms with Crippen LogP contribution in [0.3, 0.4) is 0 Å². The monoisotopic (exact) mass is 420 g/mol. The molecule has 0 aliphatic rings. The first-order valence-electron chi connectivity index (χ1n) is 9.80. The number of benzene rings is 2. The van der Waals surface area contributed by atoms with E-state index in [2.05, 4.69) is 20.6 Å². The highest BCUT2D eigenvalue weighted by Crippen LogP contribution is 2.26. The fourth-order valence-electron chi connectivity index (χ4n) is 3.12. The predicted octanol–water partition coefficient (Wildman–Crippen LogP) is 4.37. The van der Waals surface area contributed by atoms with Crippen molar-refractivity contribution >= 4 is 16.9 Å². The molecule has 2 aromatic heterocycles. The molecule has 1 atom stereocenters. The molecule has 160 valence electrons. The second-order valence-electron chi connectivity index (χ2n) is 7.75. The van der Waals surface area contributed by atoms with Gasteiger partial charge >= 0.3 is 0 Å². The largest absolute Gasteiger partial charge is 0.438 e. The Labute approximate surface area is 180 Å². The topological polar surface area (TPSA) is 110 Å². The van der Waals surface area contributed by atoms with E-state index in [1.807, 2.05) is 31.2 Å². The Kier molecular flexibility index (Phi) is 5.39. The van der Waals surface area contributed by atoms with Crippen LogP contribution < -0.4 is 10.1 Å². The fourth-order valence-corrected chi connectivity index (χ4v) is 3.12. The third kappa shape index (κ3) is 4.54. The maximum absolute atomic E-state index is 12.9. The molecule has 0 spiro atoms. The average molecular weight is 420 g/mol. The number of carbonyl (C=O) groups is 1. The summed E-state index contributed by atoms with van der Waals surface area (Å²) in [5.41, 5.74) is 2.26. The van der Waals surface area contributed by atoms with Gasteiger partial charge < -0.3 is 15.2 Å². The van der Waals surface area contributed by atoms with E-state index in [4.69, 9.17) is 9.37 Å². The second kappa shape index (κ2) is 8.16. The summed E-state index contributed by atoms with van der Waals surface area (Å²) in [6.45, 7) is 5.35. The van der Waals surface area contributed by atoms with Gasteiger partial charge in [-0.15, -0.1) is 0 Å². The van der Waals surface area contributed by atoms with Gasteiger partial charge in [0.1, 0.15) is 22.3 Å². The molecule has 0 saturated carbocycles. The Balaban J connectivity index is 0.00000289. The van der Waals surface area contributed by atoms with E-state index in [9.17, 15) is 9.90 Å². The summed E-state index contributed by atoms with van der Waals surface area (Å²) >= 11 is 0. The summed E-state index contributed by atoms with van der Waals surface area (Å²) in [5.74, 6) is 0.331. The molecular formula is C23H24N4O4. The smallest absolute Gasteiger partial charge is 0.257 e. The van der Waals surface area contributed by atoms with Gasteiger partial charge in [-0.2, -0.15) is 0 Å². The molecule has 8 heteroatoms. The van der Waals surface area contributed by atoms with E-state index < -0.39 is 5.60 Å². The van der Waals surface area contributed by atoms with Crippen LogP contribution in [0.4, 0.5) is 0 Å². The molecule has 2 aromatic carbocycles. The van der Waals surface area contributed by atoms with Crippen molar-refractivity contribution in [2.24, 2.45) is 0 Å². The van der Waals surface area contributed by atoms with Gasteiger partial charge in [0.25, 0.3) is 5.91 Å². The molecule has 0 bridgehead atoms. The molecule has 0 radical (unpaired) electrons. The van der Waals surface area contributed by atoms with Crippen LogP contribution in [0, 0.1) is 0 Å². The molecule has 0 saturated heterocycles. The van der Waals surface area contributed by atoms with Gasteiger partial charge in [0.05, 0.1) is 11.6 Å². The number of ether oxygens (including phenoxy) is 1. The summed E-state index contributed by atoms with van der Waals surface area (Å²) in [4.78, 5) is 17.1. The van der Waals surface area contributed by atoms with Crippen molar-refractivity contribution in [3.05, 3.63) is 77.5 Å². The van der Waals surface area contributed by atoms with Gasteiger partial charge in [-0.1, -0.05) is 24.3 Å². The van der Waals surface area contributed by atoms with Crippen LogP contribution in [0.15, 0.2) is 65.4 Å². The molecule has 4 aromatic rings. The molecule has 0 fully saturated rings. The lowest BCUT2D eigenvalue weighted by molar-refractivity contribution is 0.0785. The minimum Gasteiger partial charge on any atom is -0.438 e. The van der Waals surface area contributed by atoms with Crippen molar-refractivity contribution in [1.82, 2.24) is 20.6 Å². The third-order valence-electron chi connectivity index (χ3n) is 4.92. The number of hydrogen-bond acceptors (Lipinski definition) is 7. The zero-order chi connectivity index (χ0) is 22.0. The van der Waals surface area contributed by atoms with Crippen LogP contribution in [0.2, 0.25) is 0 Å². The minimum atomic E-state index is -0.919. The third-order valence-corrected chi connectivity index (χ3v) is 4.92. The molecule has 0 aliphatic heterocycles. The molecular weight excluding hydrogens is 396 g/mol. The van der Waals surface area contributed by atoms with Crippen LogP contribution in [-0.2, 0) is 5.60 Å². The second-order valence-corrected chi connectivity index (χ2v) is 7.75. The number of pyridine rings is 1. The van der Waals surface area contributed by atoms with Gasteiger partial charge in [0, 0.05) is 13.7 Å². The quantitative estimate of drug-likeness (QED) is 0.476. The lowest BCUT2D eigenvalue weighted by atomic mass is 9.96. The highest BCUT2D eigenvalue weighted by molar-refractivity contribution is 5.96. The van der Waals surface area contributed by atoms with Crippen LogP contribution >= 0.6 is 0 Å². The maximum Gasteiger partial charge on any atom is 0.257 e. The summed E-state index contributed by atoms with van der Waals surface area (Å²) in [5, 5.41) is 20.6. The number of fused-ring (bicyclic) bond motifs is 1. The van der Waals surface area contributed by atoms with Crippen molar-refractivity contribution in [3.63, 3.8) is 0 Å². The fraction of sp³-hybridized carbons (Fsp3) is 0.217. The van der Waals surface area contributed by atoms with Gasteiger partial charge in [-0.25, -0.2) is 9.61 Å². The average Bonchev–Trinajstić information content (AvgIpc) is 3.21. The maximum atomic E-state index is 12.9. The number of carbonyl (C=O) groups excluding carboxylic acids is 1. The zero-order valence-corrected chi connectivity index (χ0v) is 17.4. The number of amides is 1. The standard InChI is InChI=1S/C23H22N4O4.H2/c1-14(15-6-8-16(9-7-15)23(2,3)29)25-21(28)18-5-4-12-24-22(18)30-17-10-11-19-20(13-17)27-31-26-19;/h4-14,29H,1-3H3,(H,25,28);1H/t14-;/m1./s1. The SMILES string of the molecule is C[C@@H](NC(=O)c1cccnc1Oc1ccc2nonc2c1)c1ccc(C(C)(C)O)cc1.[HH]. The normalized spacial score (nSPS) is 12.5. The Bertz CT molecular complexity index is 1220. The number of aromatic nitrogens is 3. The zero-order valence-electron chi connectivity index (χ0n) is 17.4. The van der Waals surface area contributed by atoms with E-state index in [0.717, 1.165) is 11.1 Å². The van der Waals surface area contributed by atoms with Crippen molar-refractivity contribution < 1.29 is 20.7 Å². The highest BCUT2D eigenvalue weighted by atomic mass is 16.6. The summed E-state index contributed by atoms with van der Waals surface area (Å²) in [7, 11) is 0. The van der Waals surface area contributed by atoms with E-state index in [0.29, 0.717) is 22.3 Å². The first-order valence-corrected chi connectivity index (χ1v) is 9.80. The van der Waals surface area contributed by atoms with Gasteiger partial charge in [0.15, 0.2) is 0 Å². The molecule has 2 heterocycles. The van der Waals surface area contributed by atoms with Gasteiger partial charge in [-0.05, 0) is 66.5 Å². The Morgan fingerprint density at radius 2 is 1.87 bits per heavy atom. The Hall–Kier alpha value is -3.78. The van der Waals surface area contributed by atoms with Crippen LogP contribution in [0.5, 0.6) is 11.6 Å². The number of aliphatic hydroxyl groups is 1. The van der Waals surface area contributed by atoms with E-state index in [1.165, 1.54) is 0 Å². The molecule has 31 heavy (non-hydrogen) atoms. The Morgan fingerprint density at radius 3 is 2.61 bits per heavy atom. The highest BCUT2D eigenvalue weighted by Gasteiger charge is 2.19. The number of rotatable bonds is 6. The van der Waals surface area contributed by atoms with E-state index >= 15 is 0 Å². The van der Waals surface area contributed by atoms with E-state index in [1.54, 1.807) is 50.4 Å². The van der Waals surface area contributed by atoms with Crippen LogP contribution in [0.1, 0.15) is 49.7 Å². The summed E-state index contributed by atoms with van der Waals surface area (Å²) in [6.07, 6.45) is 1.56. The van der Waals surface area contributed by atoms with Crippen molar-refractivity contribution in [1.29, 1.82) is 0 Å².